The molecule has 0 radical (unpaired) electrons. The van der Waals surface area contributed by atoms with Crippen LogP contribution in [-0.2, 0) is 12.7 Å². The van der Waals surface area contributed by atoms with Gasteiger partial charge in [-0.25, -0.2) is 4.98 Å². The molecule has 27 heavy (non-hydrogen) atoms. The van der Waals surface area contributed by atoms with Gasteiger partial charge in [-0.15, -0.1) is 0 Å². The van der Waals surface area contributed by atoms with Gasteiger partial charge in [0.1, 0.15) is 5.69 Å². The maximum Gasteiger partial charge on any atom is 0.471 e. The molecule has 1 N–H and O–H groups in total. The van der Waals surface area contributed by atoms with Crippen molar-refractivity contribution in [3.05, 3.63) is 53.9 Å². The summed E-state index contributed by atoms with van der Waals surface area (Å²) in [5, 5.41) is 6.22. The van der Waals surface area contributed by atoms with Crippen LogP contribution in [0.5, 0.6) is 0 Å². The lowest BCUT2D eigenvalue weighted by Crippen LogP contribution is -2.25. The van der Waals surface area contributed by atoms with Crippen LogP contribution in [0.3, 0.4) is 0 Å². The van der Waals surface area contributed by atoms with Gasteiger partial charge in [0.25, 0.3) is 5.91 Å². The van der Waals surface area contributed by atoms with E-state index in [4.69, 9.17) is 0 Å². The average molecular weight is 377 g/mol. The highest BCUT2D eigenvalue weighted by Gasteiger charge is 2.38. The maximum atomic E-state index is 12.5. The second-order valence-electron chi connectivity index (χ2n) is 6.30. The molecule has 3 aromatic rings. The summed E-state index contributed by atoms with van der Waals surface area (Å²) in [6, 6.07) is 6.96. The first-order valence-electron chi connectivity index (χ1n) is 8.21. The highest BCUT2D eigenvalue weighted by atomic mass is 19.4. The molecular formula is C17H14F3N5O2. The largest absolute Gasteiger partial charge is 0.471 e. The average Bonchev–Trinajstić information content (AvgIpc) is 3.12. The number of alkyl halides is 3. The Morgan fingerprint density at radius 3 is 2.63 bits per heavy atom. The van der Waals surface area contributed by atoms with Crippen molar-refractivity contribution >= 4 is 5.91 Å². The zero-order valence-electron chi connectivity index (χ0n) is 13.9. The Balaban J connectivity index is 1.43. The molecule has 4 rings (SSSR count). The molecule has 0 spiro atoms. The molecular weight excluding hydrogens is 363 g/mol. The third-order valence-electron chi connectivity index (χ3n) is 4.02. The van der Waals surface area contributed by atoms with E-state index in [0.717, 1.165) is 18.4 Å². The molecule has 1 aliphatic carbocycles. The number of nitrogens with one attached hydrogen (secondary N) is 1. The van der Waals surface area contributed by atoms with Crippen molar-refractivity contribution in [3.8, 4) is 11.4 Å². The summed E-state index contributed by atoms with van der Waals surface area (Å²) < 4.78 is 43.6. The van der Waals surface area contributed by atoms with Crippen LogP contribution in [0.25, 0.3) is 11.4 Å². The number of carbonyl (C=O) groups is 1. The van der Waals surface area contributed by atoms with E-state index in [-0.39, 0.29) is 17.8 Å². The van der Waals surface area contributed by atoms with Crippen LogP contribution < -0.4 is 5.32 Å². The van der Waals surface area contributed by atoms with Gasteiger partial charge >= 0.3 is 12.1 Å². The minimum Gasteiger partial charge on any atom is -0.348 e. The number of rotatable bonds is 5. The standard InChI is InChI=1S/C17H14F3N5O2/c18-17(19,20)16-23-14(24-27-16)11-3-1-10(2-4-11)7-25-8-13(21-9-25)15(26)22-12-5-6-12/h1-4,8-9,12H,5-7H2,(H,22,26). The minimum atomic E-state index is -4.67. The van der Waals surface area contributed by atoms with Gasteiger partial charge in [-0.2, -0.15) is 18.2 Å². The number of nitrogens with zero attached hydrogens (tertiary/aromatic N) is 4. The molecule has 1 aliphatic rings. The lowest BCUT2D eigenvalue weighted by Gasteiger charge is -2.03. The summed E-state index contributed by atoms with van der Waals surface area (Å²) in [4.78, 5) is 19.4. The summed E-state index contributed by atoms with van der Waals surface area (Å²) in [7, 11) is 0. The van der Waals surface area contributed by atoms with Crippen LogP contribution in [0.15, 0.2) is 41.3 Å². The number of hydrogen-bond acceptors (Lipinski definition) is 5. The lowest BCUT2D eigenvalue weighted by molar-refractivity contribution is -0.159. The monoisotopic (exact) mass is 377 g/mol. The van der Waals surface area contributed by atoms with Gasteiger partial charge in [0, 0.05) is 24.3 Å². The van der Waals surface area contributed by atoms with Gasteiger partial charge in [-0.05, 0) is 18.4 Å². The summed E-state index contributed by atoms with van der Waals surface area (Å²) in [6.07, 6.45) is 0.550. The van der Waals surface area contributed by atoms with Crippen molar-refractivity contribution in [2.24, 2.45) is 0 Å². The quantitative estimate of drug-likeness (QED) is 0.739. The lowest BCUT2D eigenvalue weighted by atomic mass is 10.1. The highest BCUT2D eigenvalue weighted by molar-refractivity contribution is 5.92. The summed E-state index contributed by atoms with van der Waals surface area (Å²) in [5.41, 5.74) is 1.64. The Morgan fingerprint density at radius 1 is 1.26 bits per heavy atom. The number of halogens is 3. The summed E-state index contributed by atoms with van der Waals surface area (Å²) in [5.74, 6) is -1.70. The first kappa shape index (κ1) is 17.3. The number of hydrogen-bond donors (Lipinski definition) is 1. The maximum absolute atomic E-state index is 12.5. The van der Waals surface area contributed by atoms with Crippen LogP contribution >= 0.6 is 0 Å². The van der Waals surface area contributed by atoms with Gasteiger partial charge in [0.05, 0.1) is 6.33 Å². The van der Waals surface area contributed by atoms with E-state index in [2.05, 4.69) is 25.0 Å². The minimum absolute atomic E-state index is 0.129. The third-order valence-corrected chi connectivity index (χ3v) is 4.02. The molecule has 0 bridgehead atoms. The first-order chi connectivity index (χ1) is 12.9. The van der Waals surface area contributed by atoms with Crippen LogP contribution in [-0.4, -0.2) is 31.6 Å². The zero-order chi connectivity index (χ0) is 19.0. The van der Waals surface area contributed by atoms with Crippen LogP contribution in [0.2, 0.25) is 0 Å². The van der Waals surface area contributed by atoms with Gasteiger partial charge in [0.15, 0.2) is 0 Å². The summed E-state index contributed by atoms with van der Waals surface area (Å²) >= 11 is 0. The number of benzene rings is 1. The van der Waals surface area contributed by atoms with Crippen LogP contribution in [0.4, 0.5) is 13.2 Å². The molecule has 0 unspecified atom stereocenters. The van der Waals surface area contributed by atoms with Crippen molar-refractivity contribution in [1.29, 1.82) is 0 Å². The van der Waals surface area contributed by atoms with Gasteiger partial charge < -0.3 is 14.4 Å². The molecule has 1 saturated carbocycles. The second kappa shape index (κ2) is 6.53. The Labute approximate surface area is 151 Å². The number of amides is 1. The summed E-state index contributed by atoms with van der Waals surface area (Å²) in [6.45, 7) is 0.462. The first-order valence-corrected chi connectivity index (χ1v) is 8.21. The normalized spacial score (nSPS) is 14.3. The number of carbonyl (C=O) groups excluding carboxylic acids is 1. The van der Waals surface area contributed by atoms with E-state index in [9.17, 15) is 18.0 Å². The van der Waals surface area contributed by atoms with Crippen molar-refractivity contribution < 1.29 is 22.5 Å². The topological polar surface area (TPSA) is 85.8 Å². The van der Waals surface area contributed by atoms with E-state index < -0.39 is 12.1 Å². The fourth-order valence-electron chi connectivity index (χ4n) is 2.48. The van der Waals surface area contributed by atoms with Gasteiger partial charge in [-0.1, -0.05) is 29.4 Å². The molecule has 0 saturated heterocycles. The molecule has 2 aromatic heterocycles. The fourth-order valence-corrected chi connectivity index (χ4v) is 2.48. The van der Waals surface area contributed by atoms with E-state index in [1.165, 1.54) is 0 Å². The third kappa shape index (κ3) is 3.99. The van der Waals surface area contributed by atoms with Crippen LogP contribution in [0.1, 0.15) is 34.8 Å². The molecule has 0 aliphatic heterocycles. The predicted molar refractivity (Wildman–Crippen MR) is 86.6 cm³/mol. The highest BCUT2D eigenvalue weighted by Crippen LogP contribution is 2.29. The second-order valence-corrected chi connectivity index (χ2v) is 6.30. The number of aromatic nitrogens is 4. The predicted octanol–water partition coefficient (Wildman–Crippen LogP) is 2.89. The molecule has 0 atom stereocenters. The van der Waals surface area contributed by atoms with E-state index in [0.29, 0.717) is 17.8 Å². The number of imidazole rings is 1. The SMILES string of the molecule is O=C(NC1CC1)c1cn(Cc2ccc(-c3noc(C(F)(F)F)n3)cc2)cn1. The Hall–Kier alpha value is -3.17. The molecule has 1 amide bonds. The van der Waals surface area contributed by atoms with Gasteiger partial charge in [0.2, 0.25) is 5.82 Å². The molecule has 140 valence electrons. The molecule has 7 nitrogen and oxygen atoms in total. The Kier molecular flexibility index (Phi) is 4.17. The zero-order valence-corrected chi connectivity index (χ0v) is 13.9. The van der Waals surface area contributed by atoms with E-state index >= 15 is 0 Å². The Morgan fingerprint density at radius 2 is 2.00 bits per heavy atom. The van der Waals surface area contributed by atoms with Crippen molar-refractivity contribution in [3.63, 3.8) is 0 Å². The fraction of sp³-hybridized carbons (Fsp3) is 0.294. The molecule has 10 heteroatoms. The van der Waals surface area contributed by atoms with Gasteiger partial charge in [-0.3, -0.25) is 4.79 Å². The van der Waals surface area contributed by atoms with Crippen molar-refractivity contribution in [1.82, 2.24) is 25.0 Å². The molecule has 1 aromatic carbocycles. The Bertz CT molecular complexity index is 958. The molecule has 1 fully saturated rings. The van der Waals surface area contributed by atoms with Crippen molar-refractivity contribution in [2.45, 2.75) is 31.6 Å². The molecule has 2 heterocycles. The van der Waals surface area contributed by atoms with Crippen LogP contribution in [0, 0.1) is 0 Å². The smallest absolute Gasteiger partial charge is 0.348 e. The van der Waals surface area contributed by atoms with E-state index in [1.54, 1.807) is 41.4 Å². The van der Waals surface area contributed by atoms with E-state index in [1.807, 2.05) is 0 Å². The van der Waals surface area contributed by atoms with Crippen molar-refractivity contribution in [2.75, 3.05) is 0 Å².